The highest BCUT2D eigenvalue weighted by Gasteiger charge is 2.19. The van der Waals surface area contributed by atoms with Gasteiger partial charge in [0, 0.05) is 12.6 Å². The smallest absolute Gasteiger partial charge is 0.00673 e. The van der Waals surface area contributed by atoms with Gasteiger partial charge in [-0.15, -0.1) is 0 Å². The van der Waals surface area contributed by atoms with Crippen molar-refractivity contribution in [1.82, 2.24) is 5.32 Å². The quantitative estimate of drug-likeness (QED) is 0.621. The fourth-order valence-electron chi connectivity index (χ4n) is 1.06. The maximum atomic E-state index is 3.56. The minimum Gasteiger partial charge on any atom is -0.313 e. The van der Waals surface area contributed by atoms with Gasteiger partial charge in [-0.2, -0.15) is 0 Å². The second-order valence-corrected chi connectivity index (χ2v) is 4.57. The molecule has 0 saturated heterocycles. The van der Waals surface area contributed by atoms with Crippen molar-refractivity contribution in [3.63, 3.8) is 0 Å². The van der Waals surface area contributed by atoms with E-state index < -0.39 is 0 Å². The number of hydrogen-bond donors (Lipinski definition) is 1. The van der Waals surface area contributed by atoms with Gasteiger partial charge in [0.2, 0.25) is 0 Å². The van der Waals surface area contributed by atoms with E-state index in [0.29, 0.717) is 5.41 Å². The molecule has 1 nitrogen and oxygen atoms in total. The van der Waals surface area contributed by atoms with Crippen LogP contribution in [-0.4, -0.2) is 12.6 Å². The topological polar surface area (TPSA) is 12.0 Å². The third-order valence-electron chi connectivity index (χ3n) is 2.03. The molecular weight excluding hydrogens is 122 g/mol. The molecular formula is C9H19N. The number of rotatable bonds is 2. The van der Waals surface area contributed by atoms with Gasteiger partial charge in [0.15, 0.2) is 0 Å². The average molecular weight is 141 g/mol. The Kier molecular flexibility index (Phi) is 2.35. The lowest BCUT2D eigenvalue weighted by atomic mass is 9.90. The highest BCUT2D eigenvalue weighted by atomic mass is 14.9. The fraction of sp³-hybridized carbons (Fsp3) is 1.00. The SMILES string of the molecule is CC(C)(C)CNC1CCC1. The molecule has 1 aliphatic rings. The third kappa shape index (κ3) is 2.70. The van der Waals surface area contributed by atoms with Gasteiger partial charge in [-0.25, -0.2) is 0 Å². The Morgan fingerprint density at radius 1 is 1.30 bits per heavy atom. The van der Waals surface area contributed by atoms with E-state index in [4.69, 9.17) is 0 Å². The monoisotopic (exact) mass is 141 g/mol. The van der Waals surface area contributed by atoms with Gasteiger partial charge in [0.25, 0.3) is 0 Å². The van der Waals surface area contributed by atoms with Crippen molar-refractivity contribution in [1.29, 1.82) is 0 Å². The Bertz CT molecular complexity index is 97.8. The van der Waals surface area contributed by atoms with Gasteiger partial charge in [-0.3, -0.25) is 0 Å². The first-order chi connectivity index (χ1) is 4.58. The fourth-order valence-corrected chi connectivity index (χ4v) is 1.06. The molecule has 10 heavy (non-hydrogen) atoms. The molecule has 1 fully saturated rings. The Balaban J connectivity index is 2.04. The zero-order valence-corrected chi connectivity index (χ0v) is 7.41. The van der Waals surface area contributed by atoms with E-state index in [1.54, 1.807) is 0 Å². The maximum Gasteiger partial charge on any atom is 0.00673 e. The number of nitrogens with one attached hydrogen (secondary N) is 1. The minimum atomic E-state index is 0.454. The van der Waals surface area contributed by atoms with Gasteiger partial charge < -0.3 is 5.32 Å². The summed E-state index contributed by atoms with van der Waals surface area (Å²) in [5.74, 6) is 0. The molecule has 1 saturated carbocycles. The second-order valence-electron chi connectivity index (χ2n) is 4.57. The Morgan fingerprint density at radius 2 is 1.90 bits per heavy atom. The molecule has 0 unspecified atom stereocenters. The van der Waals surface area contributed by atoms with Crippen LogP contribution in [-0.2, 0) is 0 Å². The molecule has 0 aromatic heterocycles. The molecule has 1 heteroatoms. The average Bonchev–Trinajstić information content (AvgIpc) is 1.56. The first-order valence-electron chi connectivity index (χ1n) is 4.31. The zero-order chi connectivity index (χ0) is 7.61. The molecule has 0 spiro atoms. The van der Waals surface area contributed by atoms with Crippen molar-refractivity contribution in [3.05, 3.63) is 0 Å². The van der Waals surface area contributed by atoms with Gasteiger partial charge in [-0.05, 0) is 18.3 Å². The van der Waals surface area contributed by atoms with Crippen LogP contribution in [0.5, 0.6) is 0 Å². The lowest BCUT2D eigenvalue weighted by Crippen LogP contribution is -2.39. The van der Waals surface area contributed by atoms with Gasteiger partial charge in [0.1, 0.15) is 0 Å². The highest BCUT2D eigenvalue weighted by Crippen LogP contribution is 2.20. The van der Waals surface area contributed by atoms with Crippen molar-refractivity contribution in [3.8, 4) is 0 Å². The summed E-state index contributed by atoms with van der Waals surface area (Å²) in [5.41, 5.74) is 0.454. The Morgan fingerprint density at radius 3 is 2.20 bits per heavy atom. The lowest BCUT2D eigenvalue weighted by molar-refractivity contribution is 0.284. The van der Waals surface area contributed by atoms with E-state index in [1.807, 2.05) is 0 Å². The van der Waals surface area contributed by atoms with Crippen LogP contribution in [0.2, 0.25) is 0 Å². The lowest BCUT2D eigenvalue weighted by Gasteiger charge is -2.30. The molecule has 0 aliphatic heterocycles. The van der Waals surface area contributed by atoms with E-state index in [0.717, 1.165) is 12.6 Å². The first kappa shape index (κ1) is 8.06. The van der Waals surface area contributed by atoms with Crippen LogP contribution >= 0.6 is 0 Å². The molecule has 0 aromatic carbocycles. The van der Waals surface area contributed by atoms with Gasteiger partial charge >= 0.3 is 0 Å². The summed E-state index contributed by atoms with van der Waals surface area (Å²) >= 11 is 0. The van der Waals surface area contributed by atoms with Crippen LogP contribution in [0.3, 0.4) is 0 Å². The Labute approximate surface area is 64.2 Å². The normalized spacial score (nSPS) is 20.7. The highest BCUT2D eigenvalue weighted by molar-refractivity contribution is 4.78. The predicted octanol–water partition coefficient (Wildman–Crippen LogP) is 2.17. The van der Waals surface area contributed by atoms with E-state index >= 15 is 0 Å². The molecule has 1 rings (SSSR count). The van der Waals surface area contributed by atoms with Crippen molar-refractivity contribution < 1.29 is 0 Å². The summed E-state index contributed by atoms with van der Waals surface area (Å²) in [7, 11) is 0. The predicted molar refractivity (Wildman–Crippen MR) is 45.1 cm³/mol. The summed E-state index contributed by atoms with van der Waals surface area (Å²) in [6.07, 6.45) is 4.23. The third-order valence-corrected chi connectivity index (χ3v) is 2.03. The summed E-state index contributed by atoms with van der Waals surface area (Å²) < 4.78 is 0. The molecule has 0 amide bonds. The minimum absolute atomic E-state index is 0.454. The van der Waals surface area contributed by atoms with Crippen molar-refractivity contribution >= 4 is 0 Å². The largest absolute Gasteiger partial charge is 0.313 e. The standard InChI is InChI=1S/C9H19N/c1-9(2,3)7-10-8-5-4-6-8/h8,10H,4-7H2,1-3H3. The maximum absolute atomic E-state index is 3.56. The van der Waals surface area contributed by atoms with Crippen LogP contribution in [0, 0.1) is 5.41 Å². The summed E-state index contributed by atoms with van der Waals surface area (Å²) in [6.45, 7) is 7.99. The van der Waals surface area contributed by atoms with Crippen LogP contribution in [0.1, 0.15) is 40.0 Å². The van der Waals surface area contributed by atoms with Crippen LogP contribution in [0.15, 0.2) is 0 Å². The first-order valence-corrected chi connectivity index (χ1v) is 4.31. The summed E-state index contributed by atoms with van der Waals surface area (Å²) in [6, 6.07) is 0.847. The molecule has 0 radical (unpaired) electrons. The van der Waals surface area contributed by atoms with Crippen LogP contribution in [0.4, 0.5) is 0 Å². The van der Waals surface area contributed by atoms with E-state index in [-0.39, 0.29) is 0 Å². The van der Waals surface area contributed by atoms with E-state index in [1.165, 1.54) is 19.3 Å². The molecule has 0 heterocycles. The molecule has 0 aromatic rings. The summed E-state index contributed by atoms with van der Waals surface area (Å²) in [5, 5.41) is 3.56. The molecule has 1 N–H and O–H groups in total. The summed E-state index contributed by atoms with van der Waals surface area (Å²) in [4.78, 5) is 0. The van der Waals surface area contributed by atoms with E-state index in [9.17, 15) is 0 Å². The van der Waals surface area contributed by atoms with Crippen LogP contribution < -0.4 is 5.32 Å². The second kappa shape index (κ2) is 2.91. The zero-order valence-electron chi connectivity index (χ0n) is 7.41. The van der Waals surface area contributed by atoms with Gasteiger partial charge in [-0.1, -0.05) is 27.2 Å². The molecule has 60 valence electrons. The van der Waals surface area contributed by atoms with Crippen LogP contribution in [0.25, 0.3) is 0 Å². The van der Waals surface area contributed by atoms with Crippen molar-refractivity contribution in [2.75, 3.05) is 6.54 Å². The van der Waals surface area contributed by atoms with Crippen molar-refractivity contribution in [2.24, 2.45) is 5.41 Å². The Hall–Kier alpha value is -0.0400. The molecule has 0 atom stereocenters. The molecule has 0 bridgehead atoms. The van der Waals surface area contributed by atoms with Gasteiger partial charge in [0.05, 0.1) is 0 Å². The number of hydrogen-bond acceptors (Lipinski definition) is 1. The molecule has 1 aliphatic carbocycles. The van der Waals surface area contributed by atoms with E-state index in [2.05, 4.69) is 26.1 Å². The van der Waals surface area contributed by atoms with Crippen molar-refractivity contribution in [2.45, 2.75) is 46.1 Å².